The number of carbonyl (C=O) groups is 1. The smallest absolute Gasteiger partial charge is 0.265 e. The lowest BCUT2D eigenvalue weighted by Gasteiger charge is -1.99. The fourth-order valence-electron chi connectivity index (χ4n) is 1.87. The summed E-state index contributed by atoms with van der Waals surface area (Å²) in [4.78, 5) is 16.3. The van der Waals surface area contributed by atoms with Crippen LogP contribution in [0.15, 0.2) is 35.3 Å². The summed E-state index contributed by atoms with van der Waals surface area (Å²) in [5.41, 5.74) is 2.38. The van der Waals surface area contributed by atoms with E-state index in [9.17, 15) is 4.79 Å². The molecule has 0 N–H and O–H groups in total. The van der Waals surface area contributed by atoms with E-state index < -0.39 is 0 Å². The molecule has 0 spiro atoms. The molecule has 2 aromatic rings. The van der Waals surface area contributed by atoms with E-state index in [1.807, 2.05) is 13.0 Å². The van der Waals surface area contributed by atoms with Crippen LogP contribution in [-0.4, -0.2) is 21.4 Å². The molecule has 18 heavy (non-hydrogen) atoms. The Labute approximate surface area is 103 Å². The Bertz CT molecular complexity index is 716. The lowest BCUT2D eigenvalue weighted by Crippen LogP contribution is -2.18. The van der Waals surface area contributed by atoms with Gasteiger partial charge in [0.05, 0.1) is 17.3 Å². The van der Waals surface area contributed by atoms with E-state index in [1.165, 1.54) is 4.68 Å². The number of benzene rings is 1. The maximum atomic E-state index is 12.1. The highest BCUT2D eigenvalue weighted by Crippen LogP contribution is 2.23. The highest BCUT2D eigenvalue weighted by Gasteiger charge is 2.26. The van der Waals surface area contributed by atoms with Crippen LogP contribution in [0.3, 0.4) is 0 Å². The number of fused-ring (bicyclic) bond motifs is 1. The van der Waals surface area contributed by atoms with E-state index in [0.29, 0.717) is 22.7 Å². The van der Waals surface area contributed by atoms with Crippen LogP contribution in [0.5, 0.6) is 0 Å². The summed E-state index contributed by atoms with van der Waals surface area (Å²) in [5, 5.41) is 12.8. The monoisotopic (exact) mass is 236 g/mol. The standard InChI is InChI=1S/C13H8N4O/c1-8-6-11-15-12(13(18)17(11)16-8)10-4-2-9(7-14)3-5-10/h2-6H,1H3. The minimum atomic E-state index is -0.234. The van der Waals surface area contributed by atoms with Crippen LogP contribution in [0.2, 0.25) is 0 Å². The zero-order valence-corrected chi connectivity index (χ0v) is 9.58. The molecule has 0 bridgehead atoms. The van der Waals surface area contributed by atoms with Crippen molar-refractivity contribution in [3.05, 3.63) is 47.2 Å². The number of hydrogen-bond donors (Lipinski definition) is 0. The average Bonchev–Trinajstić information content (AvgIpc) is 2.88. The molecule has 0 unspecified atom stereocenters. The molecule has 3 rings (SSSR count). The third kappa shape index (κ3) is 1.44. The summed E-state index contributed by atoms with van der Waals surface area (Å²) in [7, 11) is 0. The molecule has 1 aliphatic heterocycles. The summed E-state index contributed by atoms with van der Waals surface area (Å²) in [6.45, 7) is 1.81. The first-order valence-electron chi connectivity index (χ1n) is 5.39. The van der Waals surface area contributed by atoms with Crippen molar-refractivity contribution in [2.75, 3.05) is 0 Å². The SMILES string of the molecule is Cc1cc2n(n1)C(=O)C(c1ccc(C#N)cc1)=N2. The fraction of sp³-hybridized carbons (Fsp3) is 0.0769. The van der Waals surface area contributed by atoms with Gasteiger partial charge in [-0.3, -0.25) is 4.79 Å². The topological polar surface area (TPSA) is 71.0 Å². The van der Waals surface area contributed by atoms with Gasteiger partial charge in [-0.15, -0.1) is 0 Å². The second-order valence-corrected chi connectivity index (χ2v) is 4.01. The summed E-state index contributed by atoms with van der Waals surface area (Å²) in [6, 6.07) is 10.6. The van der Waals surface area contributed by atoms with E-state index in [4.69, 9.17) is 5.26 Å². The van der Waals surface area contributed by atoms with Gasteiger partial charge in [0.1, 0.15) is 5.71 Å². The number of nitriles is 1. The minimum absolute atomic E-state index is 0.234. The number of aromatic nitrogens is 2. The minimum Gasteiger partial charge on any atom is -0.265 e. The summed E-state index contributed by atoms with van der Waals surface area (Å²) >= 11 is 0. The number of aliphatic imine (C=N–C) groups is 1. The normalized spacial score (nSPS) is 13.1. The molecule has 0 aliphatic carbocycles. The average molecular weight is 236 g/mol. The van der Waals surface area contributed by atoms with E-state index in [0.717, 1.165) is 5.69 Å². The second-order valence-electron chi connectivity index (χ2n) is 4.01. The van der Waals surface area contributed by atoms with Crippen molar-refractivity contribution in [2.24, 2.45) is 4.99 Å². The molecule has 0 amide bonds. The Morgan fingerprint density at radius 2 is 2.00 bits per heavy atom. The van der Waals surface area contributed by atoms with Gasteiger partial charge in [-0.25, -0.2) is 4.99 Å². The van der Waals surface area contributed by atoms with Crippen LogP contribution >= 0.6 is 0 Å². The van der Waals surface area contributed by atoms with Crippen LogP contribution in [-0.2, 0) is 0 Å². The Morgan fingerprint density at radius 3 is 2.61 bits per heavy atom. The molecule has 0 saturated carbocycles. The number of aryl methyl sites for hydroxylation is 1. The first-order valence-corrected chi connectivity index (χ1v) is 5.39. The predicted molar refractivity (Wildman–Crippen MR) is 64.9 cm³/mol. The summed E-state index contributed by atoms with van der Waals surface area (Å²) < 4.78 is 1.29. The van der Waals surface area contributed by atoms with Crippen LogP contribution in [0.4, 0.5) is 5.82 Å². The second kappa shape index (κ2) is 3.64. The summed E-state index contributed by atoms with van der Waals surface area (Å²) in [6.07, 6.45) is 0. The highest BCUT2D eigenvalue weighted by molar-refractivity contribution is 6.48. The predicted octanol–water partition coefficient (Wildman–Crippen LogP) is 1.84. The zero-order valence-electron chi connectivity index (χ0n) is 9.58. The quantitative estimate of drug-likeness (QED) is 0.758. The molecule has 0 atom stereocenters. The Morgan fingerprint density at radius 1 is 1.28 bits per heavy atom. The van der Waals surface area contributed by atoms with Gasteiger partial charge in [-0.2, -0.15) is 15.0 Å². The van der Waals surface area contributed by atoms with E-state index in [2.05, 4.69) is 10.1 Å². The van der Waals surface area contributed by atoms with Crippen LogP contribution in [0, 0.1) is 18.3 Å². The van der Waals surface area contributed by atoms with Gasteiger partial charge in [-0.1, -0.05) is 12.1 Å². The first-order chi connectivity index (χ1) is 8.69. The van der Waals surface area contributed by atoms with Gasteiger partial charge in [0.2, 0.25) is 0 Å². The largest absolute Gasteiger partial charge is 0.299 e. The van der Waals surface area contributed by atoms with Crippen molar-refractivity contribution >= 4 is 17.4 Å². The Balaban J connectivity index is 2.04. The molecular weight excluding hydrogens is 228 g/mol. The van der Waals surface area contributed by atoms with Gasteiger partial charge in [-0.05, 0) is 19.1 Å². The first kappa shape index (κ1) is 10.4. The Hall–Kier alpha value is -2.74. The molecule has 1 aromatic heterocycles. The number of hydrogen-bond acceptors (Lipinski definition) is 4. The van der Waals surface area contributed by atoms with Gasteiger partial charge < -0.3 is 0 Å². The maximum absolute atomic E-state index is 12.1. The molecule has 86 valence electrons. The van der Waals surface area contributed by atoms with Gasteiger partial charge in [0, 0.05) is 11.6 Å². The molecule has 2 heterocycles. The van der Waals surface area contributed by atoms with Crippen molar-refractivity contribution < 1.29 is 4.79 Å². The van der Waals surface area contributed by atoms with E-state index >= 15 is 0 Å². The molecule has 5 heteroatoms. The zero-order chi connectivity index (χ0) is 12.7. The van der Waals surface area contributed by atoms with Gasteiger partial charge in [0.15, 0.2) is 5.82 Å². The fourth-order valence-corrected chi connectivity index (χ4v) is 1.87. The van der Waals surface area contributed by atoms with Gasteiger partial charge >= 0.3 is 0 Å². The maximum Gasteiger partial charge on any atom is 0.299 e. The van der Waals surface area contributed by atoms with Crippen molar-refractivity contribution in [2.45, 2.75) is 6.92 Å². The third-order valence-corrected chi connectivity index (χ3v) is 2.72. The lowest BCUT2D eigenvalue weighted by molar-refractivity contribution is 0.0984. The van der Waals surface area contributed by atoms with Crippen LogP contribution in [0.1, 0.15) is 21.6 Å². The molecule has 0 radical (unpaired) electrons. The van der Waals surface area contributed by atoms with Crippen molar-refractivity contribution in [1.82, 2.24) is 9.78 Å². The molecule has 0 saturated heterocycles. The number of carbonyl (C=O) groups excluding carboxylic acids is 1. The summed E-state index contributed by atoms with van der Waals surface area (Å²) in [5.74, 6) is 0.319. The van der Waals surface area contributed by atoms with Crippen molar-refractivity contribution in [1.29, 1.82) is 5.26 Å². The highest BCUT2D eigenvalue weighted by atomic mass is 16.2. The van der Waals surface area contributed by atoms with Gasteiger partial charge in [0.25, 0.3) is 5.91 Å². The van der Waals surface area contributed by atoms with Crippen molar-refractivity contribution in [3.63, 3.8) is 0 Å². The van der Waals surface area contributed by atoms with Crippen LogP contribution in [0.25, 0.3) is 0 Å². The third-order valence-electron chi connectivity index (χ3n) is 2.72. The molecule has 0 fully saturated rings. The van der Waals surface area contributed by atoms with Crippen LogP contribution < -0.4 is 0 Å². The Kier molecular flexibility index (Phi) is 2.10. The van der Waals surface area contributed by atoms with E-state index in [-0.39, 0.29) is 5.91 Å². The van der Waals surface area contributed by atoms with E-state index in [1.54, 1.807) is 30.3 Å². The van der Waals surface area contributed by atoms with Crippen molar-refractivity contribution in [3.8, 4) is 6.07 Å². The lowest BCUT2D eigenvalue weighted by atomic mass is 10.1. The molecular formula is C13H8N4O. The molecule has 5 nitrogen and oxygen atoms in total. The molecule has 1 aromatic carbocycles. The molecule has 1 aliphatic rings. The number of rotatable bonds is 1. The number of nitrogens with zero attached hydrogens (tertiary/aromatic N) is 4.